The molecule has 0 fully saturated rings. The summed E-state index contributed by atoms with van der Waals surface area (Å²) in [5.74, 6) is 0. The van der Waals surface area contributed by atoms with Crippen LogP contribution in [0.1, 0.15) is 11.3 Å². The van der Waals surface area contributed by atoms with Gasteiger partial charge in [-0.3, -0.25) is 4.98 Å². The van der Waals surface area contributed by atoms with Crippen molar-refractivity contribution in [3.05, 3.63) is 29.6 Å². The summed E-state index contributed by atoms with van der Waals surface area (Å²) in [5, 5.41) is 8.57. The van der Waals surface area contributed by atoms with Crippen LogP contribution in [0.15, 0.2) is 18.3 Å². The Bertz CT molecular complexity index is 210. The standard InChI is InChI=1S/C8H11NO/c1-7-2-4-9-8(6-7)3-5-10/h2,4,6,10H,3,5H2,1H3. The Hall–Kier alpha value is -0.890. The molecule has 1 N–H and O–H groups in total. The van der Waals surface area contributed by atoms with Crippen molar-refractivity contribution in [3.63, 3.8) is 0 Å². The Labute approximate surface area is 60.5 Å². The topological polar surface area (TPSA) is 33.1 Å². The van der Waals surface area contributed by atoms with Crippen LogP contribution >= 0.6 is 0 Å². The Balaban J connectivity index is 2.75. The Morgan fingerprint density at radius 2 is 2.40 bits per heavy atom. The molecule has 0 bridgehead atoms. The number of nitrogens with zero attached hydrogens (tertiary/aromatic N) is 1. The number of aryl methyl sites for hydroxylation is 1. The van der Waals surface area contributed by atoms with Crippen LogP contribution in [0, 0.1) is 6.92 Å². The summed E-state index contributed by atoms with van der Waals surface area (Å²) >= 11 is 0. The first-order valence-corrected chi connectivity index (χ1v) is 3.35. The number of aliphatic hydroxyl groups excluding tert-OH is 1. The molecule has 0 aliphatic heterocycles. The highest BCUT2D eigenvalue weighted by molar-refractivity contribution is 5.14. The van der Waals surface area contributed by atoms with E-state index in [9.17, 15) is 0 Å². The van der Waals surface area contributed by atoms with Gasteiger partial charge in [0.2, 0.25) is 0 Å². The molecular weight excluding hydrogens is 126 g/mol. The number of pyridine rings is 1. The fourth-order valence-corrected chi connectivity index (χ4v) is 0.850. The highest BCUT2D eigenvalue weighted by Crippen LogP contribution is 1.99. The van der Waals surface area contributed by atoms with Crippen LogP contribution in [0.4, 0.5) is 0 Å². The molecule has 2 heteroatoms. The van der Waals surface area contributed by atoms with E-state index >= 15 is 0 Å². The normalized spacial score (nSPS) is 9.80. The zero-order chi connectivity index (χ0) is 7.40. The number of hydrogen-bond donors (Lipinski definition) is 1. The third kappa shape index (κ3) is 1.81. The van der Waals surface area contributed by atoms with E-state index in [0.29, 0.717) is 6.42 Å². The largest absolute Gasteiger partial charge is 0.396 e. The Morgan fingerprint density at radius 1 is 1.60 bits per heavy atom. The monoisotopic (exact) mass is 137 g/mol. The van der Waals surface area contributed by atoms with Crippen LogP contribution in [0.25, 0.3) is 0 Å². The van der Waals surface area contributed by atoms with Crippen molar-refractivity contribution in [1.82, 2.24) is 4.98 Å². The third-order valence-electron chi connectivity index (χ3n) is 1.34. The second-order valence-electron chi connectivity index (χ2n) is 2.30. The van der Waals surface area contributed by atoms with Crippen molar-refractivity contribution in [2.75, 3.05) is 6.61 Å². The number of rotatable bonds is 2. The summed E-state index contributed by atoms with van der Waals surface area (Å²) in [5.41, 5.74) is 2.15. The first-order valence-electron chi connectivity index (χ1n) is 3.35. The number of hydrogen-bond acceptors (Lipinski definition) is 2. The summed E-state index contributed by atoms with van der Waals surface area (Å²) in [7, 11) is 0. The van der Waals surface area contributed by atoms with Gasteiger partial charge in [-0.1, -0.05) is 0 Å². The van der Waals surface area contributed by atoms with Gasteiger partial charge >= 0.3 is 0 Å². The first kappa shape index (κ1) is 7.22. The molecule has 0 aliphatic rings. The van der Waals surface area contributed by atoms with Gasteiger partial charge in [-0.05, 0) is 24.6 Å². The fourth-order valence-electron chi connectivity index (χ4n) is 0.850. The smallest absolute Gasteiger partial charge is 0.0486 e. The minimum Gasteiger partial charge on any atom is -0.396 e. The molecule has 0 aromatic carbocycles. The zero-order valence-corrected chi connectivity index (χ0v) is 6.04. The van der Waals surface area contributed by atoms with E-state index in [-0.39, 0.29) is 6.61 Å². The molecule has 0 aliphatic carbocycles. The van der Waals surface area contributed by atoms with Crippen LogP contribution in [0.5, 0.6) is 0 Å². The summed E-state index contributed by atoms with van der Waals surface area (Å²) < 4.78 is 0. The molecule has 2 nitrogen and oxygen atoms in total. The quantitative estimate of drug-likeness (QED) is 0.657. The van der Waals surface area contributed by atoms with E-state index in [2.05, 4.69) is 4.98 Å². The van der Waals surface area contributed by atoms with Crippen molar-refractivity contribution in [2.24, 2.45) is 0 Å². The van der Waals surface area contributed by atoms with E-state index < -0.39 is 0 Å². The van der Waals surface area contributed by atoms with Gasteiger partial charge in [0, 0.05) is 24.9 Å². The first-order chi connectivity index (χ1) is 4.83. The SMILES string of the molecule is Cc1ccnc(CCO)c1. The fraction of sp³-hybridized carbons (Fsp3) is 0.375. The lowest BCUT2D eigenvalue weighted by atomic mass is 10.2. The molecule has 0 spiro atoms. The number of aromatic nitrogens is 1. The molecular formula is C8H11NO. The van der Waals surface area contributed by atoms with Gasteiger partial charge < -0.3 is 5.11 Å². The van der Waals surface area contributed by atoms with E-state index in [4.69, 9.17) is 5.11 Å². The molecule has 0 saturated carbocycles. The summed E-state index contributed by atoms with van der Waals surface area (Å²) in [6, 6.07) is 3.93. The van der Waals surface area contributed by atoms with E-state index in [1.165, 1.54) is 5.56 Å². The lowest BCUT2D eigenvalue weighted by Gasteiger charge is -1.96. The molecule has 0 saturated heterocycles. The van der Waals surface area contributed by atoms with Crippen molar-refractivity contribution in [1.29, 1.82) is 0 Å². The predicted molar refractivity (Wildman–Crippen MR) is 39.8 cm³/mol. The summed E-state index contributed by atoms with van der Waals surface area (Å²) in [4.78, 5) is 4.07. The van der Waals surface area contributed by atoms with Crippen molar-refractivity contribution in [3.8, 4) is 0 Å². The van der Waals surface area contributed by atoms with Crippen LogP contribution in [0.2, 0.25) is 0 Å². The van der Waals surface area contributed by atoms with Gasteiger partial charge in [0.1, 0.15) is 0 Å². The Kier molecular flexibility index (Phi) is 2.40. The molecule has 1 rings (SSSR count). The average Bonchev–Trinajstić information content (AvgIpc) is 1.88. The van der Waals surface area contributed by atoms with E-state index in [1.54, 1.807) is 6.20 Å². The van der Waals surface area contributed by atoms with Gasteiger partial charge in [0.15, 0.2) is 0 Å². The second-order valence-corrected chi connectivity index (χ2v) is 2.30. The van der Waals surface area contributed by atoms with Crippen molar-refractivity contribution >= 4 is 0 Å². The maximum absolute atomic E-state index is 8.57. The molecule has 10 heavy (non-hydrogen) atoms. The van der Waals surface area contributed by atoms with Gasteiger partial charge in [-0.2, -0.15) is 0 Å². The minimum atomic E-state index is 0.177. The zero-order valence-electron chi connectivity index (χ0n) is 6.04. The molecule has 0 atom stereocenters. The van der Waals surface area contributed by atoms with E-state index in [1.807, 2.05) is 19.1 Å². The molecule has 1 heterocycles. The highest BCUT2D eigenvalue weighted by Gasteiger charge is 1.91. The average molecular weight is 137 g/mol. The minimum absolute atomic E-state index is 0.177. The van der Waals surface area contributed by atoms with Gasteiger partial charge in [-0.15, -0.1) is 0 Å². The highest BCUT2D eigenvalue weighted by atomic mass is 16.3. The number of aliphatic hydroxyl groups is 1. The van der Waals surface area contributed by atoms with Crippen LogP contribution in [-0.2, 0) is 6.42 Å². The lowest BCUT2D eigenvalue weighted by Crippen LogP contribution is -1.93. The van der Waals surface area contributed by atoms with Gasteiger partial charge in [0.25, 0.3) is 0 Å². The summed E-state index contributed by atoms with van der Waals surface area (Å²) in [6.07, 6.45) is 2.42. The van der Waals surface area contributed by atoms with Crippen LogP contribution < -0.4 is 0 Å². The van der Waals surface area contributed by atoms with E-state index in [0.717, 1.165) is 5.69 Å². The summed E-state index contributed by atoms with van der Waals surface area (Å²) in [6.45, 7) is 2.19. The molecule has 0 unspecified atom stereocenters. The molecule has 0 amide bonds. The van der Waals surface area contributed by atoms with Crippen LogP contribution in [-0.4, -0.2) is 16.7 Å². The molecule has 0 radical (unpaired) electrons. The maximum Gasteiger partial charge on any atom is 0.0486 e. The van der Waals surface area contributed by atoms with Crippen molar-refractivity contribution < 1.29 is 5.11 Å². The third-order valence-corrected chi connectivity index (χ3v) is 1.34. The van der Waals surface area contributed by atoms with Gasteiger partial charge in [0.05, 0.1) is 0 Å². The second kappa shape index (κ2) is 3.32. The lowest BCUT2D eigenvalue weighted by molar-refractivity contribution is 0.298. The van der Waals surface area contributed by atoms with Crippen molar-refractivity contribution in [2.45, 2.75) is 13.3 Å². The Morgan fingerprint density at radius 3 is 3.00 bits per heavy atom. The van der Waals surface area contributed by atoms with Crippen LogP contribution in [0.3, 0.4) is 0 Å². The maximum atomic E-state index is 8.57. The molecule has 1 aromatic rings. The molecule has 1 aromatic heterocycles. The molecule has 54 valence electrons. The predicted octanol–water partition coefficient (Wildman–Crippen LogP) is 0.925. The van der Waals surface area contributed by atoms with Gasteiger partial charge in [-0.25, -0.2) is 0 Å².